The van der Waals surface area contributed by atoms with E-state index in [0.717, 1.165) is 43.9 Å². The van der Waals surface area contributed by atoms with Gasteiger partial charge in [0.1, 0.15) is 0 Å². The van der Waals surface area contributed by atoms with E-state index in [1.807, 2.05) is 0 Å². The highest BCUT2D eigenvalue weighted by Gasteiger charge is 2.30. The number of likely N-dealkylation sites (tertiary alicyclic amines) is 2. The van der Waals surface area contributed by atoms with Crippen LogP contribution >= 0.6 is 11.3 Å². The molecule has 4 heterocycles. The molecule has 0 bridgehead atoms. The zero-order chi connectivity index (χ0) is 20.3. The Labute approximate surface area is 184 Å². The van der Waals surface area contributed by atoms with Gasteiger partial charge in [-0.25, -0.2) is 0 Å². The molecule has 1 amide bonds. The Hall–Kier alpha value is -1.85. The topological polar surface area (TPSA) is 26.8 Å². The van der Waals surface area contributed by atoms with Crippen molar-refractivity contribution in [2.24, 2.45) is 0 Å². The summed E-state index contributed by atoms with van der Waals surface area (Å²) in [6, 6.07) is 13.4. The lowest BCUT2D eigenvalue weighted by Crippen LogP contribution is -2.48. The van der Waals surface area contributed by atoms with Crippen LogP contribution in [-0.2, 0) is 0 Å². The molecular weight excluding hydrogens is 390 g/mol. The number of amides is 1. The minimum absolute atomic E-state index is 0.236. The molecular formula is C25H33N3OS. The fourth-order valence-corrected chi connectivity index (χ4v) is 6.54. The molecule has 0 aliphatic carbocycles. The number of anilines is 1. The highest BCUT2D eigenvalue weighted by molar-refractivity contribution is 7.18. The van der Waals surface area contributed by atoms with Gasteiger partial charge in [-0.15, -0.1) is 11.3 Å². The van der Waals surface area contributed by atoms with Crippen molar-refractivity contribution >= 4 is 22.2 Å². The van der Waals surface area contributed by atoms with Crippen LogP contribution in [0.2, 0.25) is 0 Å². The summed E-state index contributed by atoms with van der Waals surface area (Å²) in [6.07, 6.45) is 8.82. The molecule has 3 aliphatic rings. The van der Waals surface area contributed by atoms with E-state index in [-0.39, 0.29) is 5.91 Å². The Bertz CT molecular complexity index is 845. The molecule has 3 aliphatic heterocycles. The van der Waals surface area contributed by atoms with Gasteiger partial charge in [-0.2, -0.15) is 0 Å². The lowest BCUT2D eigenvalue weighted by molar-refractivity contribution is 0.0594. The first-order valence-corrected chi connectivity index (χ1v) is 12.6. The lowest BCUT2D eigenvalue weighted by atomic mass is 9.99. The quantitative estimate of drug-likeness (QED) is 0.684. The number of carbonyl (C=O) groups excluding carboxylic acids is 1. The van der Waals surface area contributed by atoms with E-state index in [9.17, 15) is 4.79 Å². The maximum atomic E-state index is 13.4. The predicted molar refractivity (Wildman–Crippen MR) is 126 cm³/mol. The number of thiophene rings is 1. The summed E-state index contributed by atoms with van der Waals surface area (Å²) in [5.74, 6) is 0.236. The van der Waals surface area contributed by atoms with Crippen LogP contribution in [0.25, 0.3) is 11.1 Å². The third-order valence-corrected chi connectivity index (χ3v) is 8.24. The number of rotatable bonds is 4. The molecule has 2 aromatic rings. The molecule has 5 rings (SSSR count). The van der Waals surface area contributed by atoms with Crippen LogP contribution in [-0.4, -0.2) is 61.0 Å². The van der Waals surface area contributed by atoms with Gasteiger partial charge < -0.3 is 14.7 Å². The van der Waals surface area contributed by atoms with E-state index in [0.29, 0.717) is 6.04 Å². The second kappa shape index (κ2) is 9.11. The largest absolute Gasteiger partial charge is 0.363 e. The van der Waals surface area contributed by atoms with Crippen LogP contribution in [0.15, 0.2) is 36.4 Å². The molecule has 5 heteroatoms. The molecule has 0 N–H and O–H groups in total. The highest BCUT2D eigenvalue weighted by atomic mass is 32.1. The lowest BCUT2D eigenvalue weighted by Gasteiger charge is -2.40. The van der Waals surface area contributed by atoms with Gasteiger partial charge in [-0.3, -0.25) is 4.79 Å². The second-order valence-corrected chi connectivity index (χ2v) is 10.0. The summed E-state index contributed by atoms with van der Waals surface area (Å²) in [7, 11) is 0. The predicted octanol–water partition coefficient (Wildman–Crippen LogP) is 5.11. The molecule has 30 heavy (non-hydrogen) atoms. The van der Waals surface area contributed by atoms with Gasteiger partial charge in [0.2, 0.25) is 0 Å². The Morgan fingerprint density at radius 3 is 2.20 bits per heavy atom. The second-order valence-electron chi connectivity index (χ2n) is 9.01. The molecule has 3 saturated heterocycles. The van der Waals surface area contributed by atoms with Gasteiger partial charge in [0.25, 0.3) is 5.91 Å². The minimum atomic E-state index is 0.236. The van der Waals surface area contributed by atoms with Gasteiger partial charge >= 0.3 is 0 Å². The SMILES string of the molecule is O=C(c1cc(-c2ccccc2)c(N2CCCC2)s1)N1CCC(N2CCCCC2)CC1. The van der Waals surface area contributed by atoms with Crippen LogP contribution in [0.1, 0.15) is 54.6 Å². The Morgan fingerprint density at radius 2 is 1.50 bits per heavy atom. The summed E-state index contributed by atoms with van der Waals surface area (Å²) in [4.78, 5) is 21.6. The Balaban J connectivity index is 1.32. The maximum Gasteiger partial charge on any atom is 0.264 e. The number of nitrogens with zero attached hydrogens (tertiary/aromatic N) is 3. The third-order valence-electron chi connectivity index (χ3n) is 7.06. The average molecular weight is 424 g/mol. The normalized spacial score (nSPS) is 21.3. The van der Waals surface area contributed by atoms with Crippen LogP contribution in [0.4, 0.5) is 5.00 Å². The van der Waals surface area contributed by atoms with Gasteiger partial charge in [0.15, 0.2) is 0 Å². The fourth-order valence-electron chi connectivity index (χ4n) is 5.34. The number of hydrogen-bond donors (Lipinski definition) is 0. The van der Waals surface area contributed by atoms with Crippen molar-refractivity contribution in [3.8, 4) is 11.1 Å². The highest BCUT2D eigenvalue weighted by Crippen LogP contribution is 2.41. The van der Waals surface area contributed by atoms with Gasteiger partial charge in [0.05, 0.1) is 9.88 Å². The summed E-state index contributed by atoms with van der Waals surface area (Å²) >= 11 is 1.71. The van der Waals surface area contributed by atoms with Gasteiger partial charge in [0, 0.05) is 37.8 Å². The summed E-state index contributed by atoms with van der Waals surface area (Å²) in [6.45, 7) is 6.52. The fraction of sp³-hybridized carbons (Fsp3) is 0.560. The molecule has 0 atom stereocenters. The van der Waals surface area contributed by atoms with Gasteiger partial charge in [-0.1, -0.05) is 36.8 Å². The minimum Gasteiger partial charge on any atom is -0.363 e. The van der Waals surface area contributed by atoms with Crippen molar-refractivity contribution in [2.75, 3.05) is 44.2 Å². The molecule has 0 radical (unpaired) electrons. The molecule has 0 unspecified atom stereocenters. The molecule has 4 nitrogen and oxygen atoms in total. The first kappa shape index (κ1) is 20.1. The number of piperidine rings is 2. The van der Waals surface area contributed by atoms with Crippen LogP contribution in [0.3, 0.4) is 0 Å². The van der Waals surface area contributed by atoms with Crippen molar-refractivity contribution in [1.82, 2.24) is 9.80 Å². The van der Waals surface area contributed by atoms with E-state index in [1.54, 1.807) is 11.3 Å². The van der Waals surface area contributed by atoms with Crippen molar-refractivity contribution < 1.29 is 4.79 Å². The van der Waals surface area contributed by atoms with Crippen LogP contribution < -0.4 is 4.90 Å². The van der Waals surface area contributed by atoms with Crippen LogP contribution in [0, 0.1) is 0 Å². The third kappa shape index (κ3) is 4.15. The molecule has 1 aromatic carbocycles. The first-order chi connectivity index (χ1) is 14.8. The zero-order valence-corrected chi connectivity index (χ0v) is 18.7. The molecule has 3 fully saturated rings. The van der Waals surface area contributed by atoms with Crippen LogP contribution in [0.5, 0.6) is 0 Å². The average Bonchev–Trinajstić information content (AvgIpc) is 3.50. The molecule has 160 valence electrons. The van der Waals surface area contributed by atoms with Crippen molar-refractivity contribution in [1.29, 1.82) is 0 Å². The zero-order valence-electron chi connectivity index (χ0n) is 17.9. The Morgan fingerprint density at radius 1 is 0.833 bits per heavy atom. The molecule has 0 spiro atoms. The Kier molecular flexibility index (Phi) is 6.09. The van der Waals surface area contributed by atoms with Crippen molar-refractivity contribution in [3.63, 3.8) is 0 Å². The van der Waals surface area contributed by atoms with Gasteiger partial charge in [-0.05, 0) is 63.2 Å². The monoisotopic (exact) mass is 423 g/mol. The van der Waals surface area contributed by atoms with E-state index in [4.69, 9.17) is 0 Å². The smallest absolute Gasteiger partial charge is 0.264 e. The number of carbonyl (C=O) groups is 1. The van der Waals surface area contributed by atoms with E-state index >= 15 is 0 Å². The standard InChI is InChI=1S/C25H33N3OS/c29-24(27-17-11-21(12-18-27)26-13-5-2-6-14-26)23-19-22(20-9-3-1-4-10-20)25(30-23)28-15-7-8-16-28/h1,3-4,9-10,19,21H,2,5-8,11-18H2. The molecule has 1 aromatic heterocycles. The first-order valence-electron chi connectivity index (χ1n) is 11.8. The number of hydrogen-bond acceptors (Lipinski definition) is 4. The summed E-state index contributed by atoms with van der Waals surface area (Å²) in [5, 5.41) is 1.28. The number of benzene rings is 1. The molecule has 0 saturated carbocycles. The summed E-state index contributed by atoms with van der Waals surface area (Å²) < 4.78 is 0. The van der Waals surface area contributed by atoms with E-state index < -0.39 is 0 Å². The van der Waals surface area contributed by atoms with Crippen molar-refractivity contribution in [2.45, 2.75) is 51.0 Å². The van der Waals surface area contributed by atoms with Crippen molar-refractivity contribution in [3.05, 3.63) is 41.3 Å². The van der Waals surface area contributed by atoms with E-state index in [1.165, 1.54) is 61.3 Å². The van der Waals surface area contributed by atoms with E-state index in [2.05, 4.69) is 51.1 Å². The maximum absolute atomic E-state index is 13.4. The summed E-state index contributed by atoms with van der Waals surface area (Å²) in [5.41, 5.74) is 2.45.